The molecule has 7 nitrogen and oxygen atoms in total. The number of benzene rings is 3. The normalized spacial score (nSPS) is 12.2. The van der Waals surface area contributed by atoms with E-state index in [0.717, 1.165) is 15.4 Å². The molecule has 39 heavy (non-hydrogen) atoms. The number of nitrogens with zero attached hydrogens (tertiary/aromatic N) is 2. The summed E-state index contributed by atoms with van der Waals surface area (Å²) in [6.45, 7) is 8.47. The van der Waals surface area contributed by atoms with Crippen molar-refractivity contribution in [3.63, 3.8) is 0 Å². The van der Waals surface area contributed by atoms with E-state index in [1.54, 1.807) is 55.5 Å². The third kappa shape index (κ3) is 7.75. The summed E-state index contributed by atoms with van der Waals surface area (Å²) < 4.78 is 28.8. The van der Waals surface area contributed by atoms with E-state index in [2.05, 4.69) is 5.32 Å². The van der Waals surface area contributed by atoms with Crippen LogP contribution in [-0.4, -0.2) is 43.8 Å². The van der Waals surface area contributed by atoms with Gasteiger partial charge in [-0.1, -0.05) is 59.1 Å². The fraction of sp³-hybridized carbons (Fsp3) is 0.310. The number of aryl methyl sites for hydroxylation is 2. The number of halogens is 2. The Morgan fingerprint density at radius 2 is 1.54 bits per heavy atom. The van der Waals surface area contributed by atoms with Gasteiger partial charge in [-0.05, 0) is 82.1 Å². The number of sulfonamides is 1. The molecule has 1 atom stereocenters. The summed E-state index contributed by atoms with van der Waals surface area (Å²) >= 11 is 12.3. The monoisotopic (exact) mass is 589 g/mol. The molecule has 3 aromatic carbocycles. The Morgan fingerprint density at radius 1 is 0.872 bits per heavy atom. The molecule has 0 saturated heterocycles. The van der Waals surface area contributed by atoms with Crippen LogP contribution in [0.4, 0.5) is 5.69 Å². The van der Waals surface area contributed by atoms with Crippen molar-refractivity contribution in [3.05, 3.63) is 93.5 Å². The van der Waals surface area contributed by atoms with Crippen LogP contribution in [0.1, 0.15) is 37.5 Å². The molecule has 2 amide bonds. The predicted molar refractivity (Wildman–Crippen MR) is 157 cm³/mol. The lowest BCUT2D eigenvalue weighted by atomic mass is 10.1. The number of hydrogen-bond acceptors (Lipinski definition) is 4. The van der Waals surface area contributed by atoms with Crippen molar-refractivity contribution in [1.29, 1.82) is 0 Å². The van der Waals surface area contributed by atoms with Crippen molar-refractivity contribution in [2.45, 2.75) is 58.1 Å². The Kier molecular flexibility index (Phi) is 10.0. The van der Waals surface area contributed by atoms with Crippen LogP contribution in [0.3, 0.4) is 0 Å². The highest BCUT2D eigenvalue weighted by molar-refractivity contribution is 7.92. The zero-order valence-corrected chi connectivity index (χ0v) is 24.9. The Bertz CT molecular complexity index is 1440. The fourth-order valence-corrected chi connectivity index (χ4v) is 5.70. The van der Waals surface area contributed by atoms with E-state index in [-0.39, 0.29) is 23.4 Å². The molecule has 0 spiro atoms. The van der Waals surface area contributed by atoms with Gasteiger partial charge in [0.25, 0.3) is 10.0 Å². The van der Waals surface area contributed by atoms with E-state index in [0.29, 0.717) is 21.3 Å². The molecule has 208 valence electrons. The first-order chi connectivity index (χ1) is 18.3. The number of nitrogens with one attached hydrogen (secondary N) is 1. The van der Waals surface area contributed by atoms with Crippen LogP contribution < -0.4 is 9.62 Å². The summed E-state index contributed by atoms with van der Waals surface area (Å²) in [5.74, 6) is -0.911. The quantitative estimate of drug-likeness (QED) is 0.326. The summed E-state index contributed by atoms with van der Waals surface area (Å²) in [5.41, 5.74) is 2.73. The van der Waals surface area contributed by atoms with Gasteiger partial charge in [0, 0.05) is 12.6 Å². The van der Waals surface area contributed by atoms with Crippen LogP contribution in [0.15, 0.2) is 71.6 Å². The Morgan fingerprint density at radius 3 is 2.13 bits per heavy atom. The number of carbonyl (C=O) groups is 2. The zero-order valence-electron chi connectivity index (χ0n) is 22.6. The van der Waals surface area contributed by atoms with E-state index in [1.807, 2.05) is 33.8 Å². The second-order valence-electron chi connectivity index (χ2n) is 9.77. The van der Waals surface area contributed by atoms with Gasteiger partial charge in [-0.25, -0.2) is 8.42 Å². The van der Waals surface area contributed by atoms with E-state index in [9.17, 15) is 18.0 Å². The highest BCUT2D eigenvalue weighted by Crippen LogP contribution is 2.27. The maximum Gasteiger partial charge on any atom is 0.264 e. The van der Waals surface area contributed by atoms with Crippen molar-refractivity contribution in [2.75, 3.05) is 10.8 Å². The Labute approximate surface area is 240 Å². The van der Waals surface area contributed by atoms with E-state index >= 15 is 0 Å². The largest absolute Gasteiger partial charge is 0.352 e. The molecule has 0 aliphatic carbocycles. The summed E-state index contributed by atoms with van der Waals surface area (Å²) in [6.07, 6.45) is 0. The van der Waals surface area contributed by atoms with Crippen molar-refractivity contribution in [3.8, 4) is 0 Å². The van der Waals surface area contributed by atoms with Crippen LogP contribution in [0.25, 0.3) is 0 Å². The van der Waals surface area contributed by atoms with Crippen molar-refractivity contribution in [1.82, 2.24) is 10.2 Å². The van der Waals surface area contributed by atoms with Gasteiger partial charge in [0.05, 0.1) is 20.6 Å². The lowest BCUT2D eigenvalue weighted by molar-refractivity contribution is -0.139. The molecule has 0 saturated carbocycles. The highest BCUT2D eigenvalue weighted by Gasteiger charge is 2.32. The van der Waals surface area contributed by atoms with Gasteiger partial charge in [0.1, 0.15) is 12.6 Å². The summed E-state index contributed by atoms with van der Waals surface area (Å²) in [5, 5.41) is 3.50. The van der Waals surface area contributed by atoms with Gasteiger partial charge in [-0.15, -0.1) is 0 Å². The minimum atomic E-state index is -4.12. The molecule has 0 aromatic heterocycles. The third-order valence-corrected chi connectivity index (χ3v) is 8.64. The minimum absolute atomic E-state index is 0.0225. The van der Waals surface area contributed by atoms with Crippen molar-refractivity contribution in [2.24, 2.45) is 0 Å². The Balaban J connectivity index is 2.04. The third-order valence-electron chi connectivity index (χ3n) is 6.11. The molecule has 0 bridgehead atoms. The smallest absolute Gasteiger partial charge is 0.264 e. The van der Waals surface area contributed by atoms with E-state index in [4.69, 9.17) is 23.2 Å². The van der Waals surface area contributed by atoms with Crippen LogP contribution >= 0.6 is 23.2 Å². The average molecular weight is 591 g/mol. The summed E-state index contributed by atoms with van der Waals surface area (Å²) in [7, 11) is -4.12. The molecule has 0 aliphatic heterocycles. The van der Waals surface area contributed by atoms with Crippen LogP contribution in [0, 0.1) is 13.8 Å². The highest BCUT2D eigenvalue weighted by atomic mass is 35.5. The maximum absolute atomic E-state index is 13.9. The molecular weight excluding hydrogens is 557 g/mol. The number of hydrogen-bond donors (Lipinski definition) is 1. The molecule has 0 fully saturated rings. The van der Waals surface area contributed by atoms with E-state index in [1.165, 1.54) is 17.0 Å². The number of amides is 2. The van der Waals surface area contributed by atoms with Crippen molar-refractivity contribution >= 4 is 50.7 Å². The lowest BCUT2D eigenvalue weighted by Crippen LogP contribution is -2.52. The maximum atomic E-state index is 13.9. The predicted octanol–water partition coefficient (Wildman–Crippen LogP) is 5.75. The molecule has 1 N–H and O–H groups in total. The number of carbonyl (C=O) groups excluding carboxylic acids is 2. The SMILES string of the molecule is Cc1ccc(S(=O)(=O)N(CC(=O)N(Cc2ccc(Cl)c(Cl)c2)[C@H](C)C(=O)NC(C)C)c2cccc(C)c2)cc1. The molecule has 3 rings (SSSR count). The lowest BCUT2D eigenvalue weighted by Gasteiger charge is -2.32. The van der Waals surface area contributed by atoms with Gasteiger partial charge < -0.3 is 10.2 Å². The first-order valence-corrected chi connectivity index (χ1v) is 14.7. The molecule has 3 aromatic rings. The first kappa shape index (κ1) is 30.5. The topological polar surface area (TPSA) is 86.8 Å². The summed E-state index contributed by atoms with van der Waals surface area (Å²) in [4.78, 5) is 28.3. The van der Waals surface area contributed by atoms with Crippen LogP contribution in [-0.2, 0) is 26.2 Å². The van der Waals surface area contributed by atoms with Gasteiger partial charge in [-0.2, -0.15) is 0 Å². The minimum Gasteiger partial charge on any atom is -0.352 e. The standard InChI is InChI=1S/C29H33Cl2N3O4S/c1-19(2)32-29(36)22(5)33(17-23-11-14-26(30)27(31)16-23)28(35)18-34(24-8-6-7-21(4)15-24)39(37,38)25-12-9-20(3)10-13-25/h6-16,19,22H,17-18H2,1-5H3,(H,32,36)/t22-/m1/s1. The molecule has 0 heterocycles. The second-order valence-corrected chi connectivity index (χ2v) is 12.4. The van der Waals surface area contributed by atoms with Gasteiger partial charge >= 0.3 is 0 Å². The number of anilines is 1. The van der Waals surface area contributed by atoms with Crippen LogP contribution in [0.5, 0.6) is 0 Å². The summed E-state index contributed by atoms with van der Waals surface area (Å²) in [6, 6.07) is 17.3. The molecular formula is C29H33Cl2N3O4S. The first-order valence-electron chi connectivity index (χ1n) is 12.5. The number of rotatable bonds is 10. The van der Waals surface area contributed by atoms with Gasteiger partial charge in [-0.3, -0.25) is 13.9 Å². The average Bonchev–Trinajstić information content (AvgIpc) is 2.87. The van der Waals surface area contributed by atoms with Crippen molar-refractivity contribution < 1.29 is 18.0 Å². The molecule has 0 radical (unpaired) electrons. The zero-order chi connectivity index (χ0) is 28.9. The second kappa shape index (κ2) is 12.9. The van der Waals surface area contributed by atoms with Crippen LogP contribution in [0.2, 0.25) is 10.0 Å². The Hall–Kier alpha value is -3.07. The fourth-order valence-electron chi connectivity index (χ4n) is 3.97. The molecule has 10 heteroatoms. The van der Waals surface area contributed by atoms with Gasteiger partial charge in [0.15, 0.2) is 0 Å². The van der Waals surface area contributed by atoms with Gasteiger partial charge in [0.2, 0.25) is 11.8 Å². The molecule has 0 aliphatic rings. The molecule has 0 unspecified atom stereocenters. The van der Waals surface area contributed by atoms with E-state index < -0.39 is 28.5 Å².